The summed E-state index contributed by atoms with van der Waals surface area (Å²) in [6.45, 7) is 4.38. The van der Waals surface area contributed by atoms with Gasteiger partial charge in [0.1, 0.15) is 5.75 Å². The minimum Gasteiger partial charge on any atom is -0.495 e. The SMILES string of the molecule is COc1ccccc1N1C(C)CCNCC1CCO. The van der Waals surface area contributed by atoms with Crippen LogP contribution in [0.4, 0.5) is 5.69 Å². The van der Waals surface area contributed by atoms with Gasteiger partial charge in [0.15, 0.2) is 0 Å². The second kappa shape index (κ2) is 6.78. The highest BCUT2D eigenvalue weighted by Crippen LogP contribution is 2.32. The van der Waals surface area contributed by atoms with Crippen molar-refractivity contribution in [2.75, 3.05) is 31.7 Å². The predicted octanol–water partition coefficient (Wildman–Crippen LogP) is 1.63. The van der Waals surface area contributed by atoms with Crippen molar-refractivity contribution >= 4 is 5.69 Å². The van der Waals surface area contributed by atoms with E-state index in [1.807, 2.05) is 18.2 Å². The maximum atomic E-state index is 9.30. The molecule has 1 aromatic rings. The van der Waals surface area contributed by atoms with Crippen LogP contribution in [0.25, 0.3) is 0 Å². The molecule has 1 fully saturated rings. The summed E-state index contributed by atoms with van der Waals surface area (Å²) in [6.07, 6.45) is 1.87. The first-order chi connectivity index (χ1) is 9.27. The monoisotopic (exact) mass is 264 g/mol. The molecule has 0 aromatic heterocycles. The lowest BCUT2D eigenvalue weighted by Crippen LogP contribution is -2.44. The zero-order chi connectivity index (χ0) is 13.7. The largest absolute Gasteiger partial charge is 0.495 e. The Balaban J connectivity index is 2.34. The van der Waals surface area contributed by atoms with Gasteiger partial charge < -0.3 is 20.1 Å². The van der Waals surface area contributed by atoms with Crippen molar-refractivity contribution in [1.29, 1.82) is 0 Å². The van der Waals surface area contributed by atoms with Crippen LogP contribution in [0.5, 0.6) is 5.75 Å². The number of benzene rings is 1. The molecule has 2 N–H and O–H groups in total. The van der Waals surface area contributed by atoms with Crippen molar-refractivity contribution in [3.05, 3.63) is 24.3 Å². The number of para-hydroxylation sites is 2. The topological polar surface area (TPSA) is 44.7 Å². The van der Waals surface area contributed by atoms with Crippen LogP contribution in [0.15, 0.2) is 24.3 Å². The van der Waals surface area contributed by atoms with Gasteiger partial charge in [-0.3, -0.25) is 0 Å². The normalized spacial score (nSPS) is 24.1. The Morgan fingerprint density at radius 2 is 2.21 bits per heavy atom. The fraction of sp³-hybridized carbons (Fsp3) is 0.600. The van der Waals surface area contributed by atoms with Gasteiger partial charge in [-0.15, -0.1) is 0 Å². The Bertz CT molecular complexity index is 397. The molecule has 2 atom stereocenters. The molecule has 0 saturated carbocycles. The quantitative estimate of drug-likeness (QED) is 0.867. The molecular weight excluding hydrogens is 240 g/mol. The van der Waals surface area contributed by atoms with Crippen LogP contribution in [0.2, 0.25) is 0 Å². The van der Waals surface area contributed by atoms with Crippen LogP contribution in [0.1, 0.15) is 19.8 Å². The molecule has 0 spiro atoms. The number of aliphatic hydroxyl groups excluding tert-OH is 1. The number of methoxy groups -OCH3 is 1. The third-order valence-electron chi connectivity index (χ3n) is 3.81. The van der Waals surface area contributed by atoms with Crippen molar-refractivity contribution in [3.63, 3.8) is 0 Å². The first-order valence-electron chi connectivity index (χ1n) is 7.01. The van der Waals surface area contributed by atoms with E-state index in [1.54, 1.807) is 7.11 Å². The molecule has 1 heterocycles. The van der Waals surface area contributed by atoms with Crippen LogP contribution < -0.4 is 15.0 Å². The van der Waals surface area contributed by atoms with Crippen molar-refractivity contribution in [1.82, 2.24) is 5.32 Å². The molecule has 1 aromatic carbocycles. The molecule has 1 aliphatic rings. The molecule has 4 heteroatoms. The number of ether oxygens (including phenoxy) is 1. The van der Waals surface area contributed by atoms with Gasteiger partial charge in [0.2, 0.25) is 0 Å². The fourth-order valence-electron chi connectivity index (χ4n) is 2.84. The van der Waals surface area contributed by atoms with E-state index in [-0.39, 0.29) is 6.61 Å². The van der Waals surface area contributed by atoms with E-state index in [1.165, 1.54) is 0 Å². The zero-order valence-electron chi connectivity index (χ0n) is 11.8. The van der Waals surface area contributed by atoms with Crippen molar-refractivity contribution in [2.24, 2.45) is 0 Å². The summed E-state index contributed by atoms with van der Waals surface area (Å²) in [5, 5.41) is 12.8. The Hall–Kier alpha value is -1.26. The first-order valence-corrected chi connectivity index (χ1v) is 7.01. The lowest BCUT2D eigenvalue weighted by atomic mass is 10.1. The smallest absolute Gasteiger partial charge is 0.142 e. The fourth-order valence-corrected chi connectivity index (χ4v) is 2.84. The summed E-state index contributed by atoms with van der Waals surface area (Å²) in [4.78, 5) is 2.40. The van der Waals surface area contributed by atoms with E-state index in [0.29, 0.717) is 12.1 Å². The number of aliphatic hydroxyl groups is 1. The highest BCUT2D eigenvalue weighted by molar-refractivity contribution is 5.60. The average molecular weight is 264 g/mol. The number of hydrogen-bond acceptors (Lipinski definition) is 4. The number of nitrogens with one attached hydrogen (secondary N) is 1. The van der Waals surface area contributed by atoms with E-state index < -0.39 is 0 Å². The Morgan fingerprint density at radius 1 is 1.42 bits per heavy atom. The number of hydrogen-bond donors (Lipinski definition) is 2. The average Bonchev–Trinajstić information content (AvgIpc) is 2.61. The van der Waals surface area contributed by atoms with Gasteiger partial charge in [-0.2, -0.15) is 0 Å². The zero-order valence-corrected chi connectivity index (χ0v) is 11.8. The molecule has 106 valence electrons. The second-order valence-corrected chi connectivity index (χ2v) is 5.09. The van der Waals surface area contributed by atoms with E-state index in [4.69, 9.17) is 4.74 Å². The molecule has 0 amide bonds. The third kappa shape index (κ3) is 3.19. The van der Waals surface area contributed by atoms with Gasteiger partial charge in [-0.1, -0.05) is 12.1 Å². The number of rotatable bonds is 4. The Morgan fingerprint density at radius 3 is 2.95 bits per heavy atom. The van der Waals surface area contributed by atoms with Gasteiger partial charge in [0.05, 0.1) is 12.8 Å². The van der Waals surface area contributed by atoms with Gasteiger partial charge >= 0.3 is 0 Å². The molecule has 2 rings (SSSR count). The van der Waals surface area contributed by atoms with Crippen LogP contribution in [-0.4, -0.2) is 44.0 Å². The Labute approximate surface area is 115 Å². The Kier molecular flexibility index (Phi) is 5.05. The number of anilines is 1. The first kappa shape index (κ1) is 14.2. The summed E-state index contributed by atoms with van der Waals surface area (Å²) in [7, 11) is 1.71. The van der Waals surface area contributed by atoms with Crippen molar-refractivity contribution < 1.29 is 9.84 Å². The van der Waals surface area contributed by atoms with Crippen molar-refractivity contribution in [2.45, 2.75) is 31.8 Å². The molecule has 4 nitrogen and oxygen atoms in total. The van der Waals surface area contributed by atoms with Gasteiger partial charge in [0, 0.05) is 25.2 Å². The van der Waals surface area contributed by atoms with Crippen LogP contribution in [0.3, 0.4) is 0 Å². The molecule has 2 unspecified atom stereocenters. The highest BCUT2D eigenvalue weighted by Gasteiger charge is 2.27. The molecule has 0 aliphatic carbocycles. The molecular formula is C15H24N2O2. The summed E-state index contributed by atoms with van der Waals surface area (Å²) in [6, 6.07) is 8.87. The molecule has 0 radical (unpaired) electrons. The standard InChI is InChI=1S/C15H24N2O2/c1-12-7-9-16-11-13(8-10-18)17(12)14-5-3-4-6-15(14)19-2/h3-6,12-13,16,18H,7-11H2,1-2H3. The lowest BCUT2D eigenvalue weighted by molar-refractivity contribution is 0.270. The predicted molar refractivity (Wildman–Crippen MR) is 77.9 cm³/mol. The lowest BCUT2D eigenvalue weighted by Gasteiger charge is -2.37. The van der Waals surface area contributed by atoms with Gasteiger partial charge in [0.25, 0.3) is 0 Å². The van der Waals surface area contributed by atoms with Gasteiger partial charge in [-0.05, 0) is 38.4 Å². The molecule has 1 saturated heterocycles. The maximum absolute atomic E-state index is 9.30. The van der Waals surface area contributed by atoms with E-state index in [9.17, 15) is 5.11 Å². The van der Waals surface area contributed by atoms with Crippen LogP contribution in [-0.2, 0) is 0 Å². The summed E-state index contributed by atoms with van der Waals surface area (Å²) in [5.41, 5.74) is 1.12. The minimum atomic E-state index is 0.213. The molecule has 0 bridgehead atoms. The third-order valence-corrected chi connectivity index (χ3v) is 3.81. The molecule has 19 heavy (non-hydrogen) atoms. The van der Waals surface area contributed by atoms with E-state index in [2.05, 4.69) is 23.2 Å². The maximum Gasteiger partial charge on any atom is 0.142 e. The van der Waals surface area contributed by atoms with Crippen molar-refractivity contribution in [3.8, 4) is 5.75 Å². The van der Waals surface area contributed by atoms with E-state index >= 15 is 0 Å². The van der Waals surface area contributed by atoms with Crippen LogP contribution >= 0.6 is 0 Å². The minimum absolute atomic E-state index is 0.213. The van der Waals surface area contributed by atoms with Crippen LogP contribution in [0, 0.1) is 0 Å². The summed E-state index contributed by atoms with van der Waals surface area (Å²) < 4.78 is 5.49. The van der Waals surface area contributed by atoms with E-state index in [0.717, 1.165) is 37.4 Å². The van der Waals surface area contributed by atoms with Gasteiger partial charge in [-0.25, -0.2) is 0 Å². The second-order valence-electron chi connectivity index (χ2n) is 5.09. The summed E-state index contributed by atoms with van der Waals surface area (Å²) in [5.74, 6) is 0.902. The highest BCUT2D eigenvalue weighted by atomic mass is 16.5. The molecule has 1 aliphatic heterocycles. The summed E-state index contributed by atoms with van der Waals surface area (Å²) >= 11 is 0. The number of nitrogens with zero attached hydrogens (tertiary/aromatic N) is 1.